The second-order valence-corrected chi connectivity index (χ2v) is 12.3. The molecule has 15 nitrogen and oxygen atoms in total. The van der Waals surface area contributed by atoms with Gasteiger partial charge in [-0.1, -0.05) is 0 Å². The zero-order valence-corrected chi connectivity index (χ0v) is 28.5. The molecule has 15 heteroatoms. The van der Waals surface area contributed by atoms with Crippen molar-refractivity contribution in [3.63, 3.8) is 0 Å². The van der Waals surface area contributed by atoms with E-state index in [-0.39, 0.29) is 62.7 Å². The molecule has 0 radical (unpaired) electrons. The maximum atomic E-state index is 13.4. The SMILES string of the molecule is O=C(c1ccc(Oc2ccc(N3C(=O)C=CC3=O)cc2N2C(=O)C=CC2=O)cc1)c1ccc(Oc2ccc(N3C(=O)C=CC3=O)cc2N2C(=O)C=CC2=O)cc1. The molecule has 0 saturated heterocycles. The topological polar surface area (TPSA) is 185 Å². The summed E-state index contributed by atoms with van der Waals surface area (Å²) in [4.78, 5) is 116. The molecular weight excluding hydrogens is 724 g/mol. The van der Waals surface area contributed by atoms with Crippen LogP contribution in [-0.4, -0.2) is 53.0 Å². The minimum Gasteiger partial charge on any atom is -0.455 e. The van der Waals surface area contributed by atoms with Crippen LogP contribution in [-0.2, 0) is 38.4 Å². The summed E-state index contributed by atoms with van der Waals surface area (Å²) in [5.74, 6) is -4.72. The van der Waals surface area contributed by atoms with Gasteiger partial charge in [-0.25, -0.2) is 19.6 Å². The fraction of sp³-hybridized carbons (Fsp3) is 0. The van der Waals surface area contributed by atoms with E-state index in [2.05, 4.69) is 0 Å². The lowest BCUT2D eigenvalue weighted by atomic mass is 10.0. The van der Waals surface area contributed by atoms with Crippen LogP contribution in [0.25, 0.3) is 0 Å². The number of hydrogen-bond acceptors (Lipinski definition) is 11. The number of ether oxygens (including phenoxy) is 2. The number of anilines is 4. The second kappa shape index (κ2) is 13.6. The quantitative estimate of drug-likeness (QED) is 0.167. The Kier molecular flexibility index (Phi) is 8.42. The van der Waals surface area contributed by atoms with Crippen molar-refractivity contribution in [2.75, 3.05) is 19.6 Å². The van der Waals surface area contributed by atoms with Crippen molar-refractivity contribution < 1.29 is 52.6 Å². The number of imide groups is 4. The van der Waals surface area contributed by atoms with E-state index in [9.17, 15) is 43.2 Å². The highest BCUT2D eigenvalue weighted by molar-refractivity contribution is 6.32. The maximum absolute atomic E-state index is 13.4. The third kappa shape index (κ3) is 6.16. The molecule has 0 unspecified atom stereocenters. The summed E-state index contributed by atoms with van der Waals surface area (Å²) < 4.78 is 12.0. The largest absolute Gasteiger partial charge is 0.455 e. The van der Waals surface area contributed by atoms with Crippen molar-refractivity contribution in [2.24, 2.45) is 0 Å². The zero-order valence-electron chi connectivity index (χ0n) is 28.5. The van der Waals surface area contributed by atoms with Gasteiger partial charge in [-0.3, -0.25) is 43.2 Å². The van der Waals surface area contributed by atoms with Crippen molar-refractivity contribution in [3.05, 3.63) is 145 Å². The van der Waals surface area contributed by atoms with Crippen LogP contribution in [0, 0.1) is 0 Å². The predicted octanol–water partition coefficient (Wildman–Crippen LogP) is 4.22. The number of amides is 8. The molecule has 56 heavy (non-hydrogen) atoms. The minimum absolute atomic E-state index is 0.00934. The van der Waals surface area contributed by atoms with Gasteiger partial charge in [0.1, 0.15) is 11.5 Å². The van der Waals surface area contributed by atoms with E-state index in [0.29, 0.717) is 0 Å². The standard InChI is InChI=1S/C41H22N4O11/c46-33-13-14-34(47)42(33)25-5-11-31(29(21-25)44-37(50)17-18-38(44)51)55-27-7-1-23(2-8-27)41(54)24-3-9-28(10-4-24)56-32-12-6-26(43-35(48)15-16-36(43)49)22-30(32)45-39(52)19-20-40(45)53/h1-22H. The van der Waals surface area contributed by atoms with Crippen LogP contribution in [0.4, 0.5) is 22.7 Å². The smallest absolute Gasteiger partial charge is 0.258 e. The van der Waals surface area contributed by atoms with Crippen LogP contribution in [0.1, 0.15) is 15.9 Å². The van der Waals surface area contributed by atoms with E-state index >= 15 is 0 Å². The fourth-order valence-corrected chi connectivity index (χ4v) is 6.17. The Hall–Kier alpha value is -8.33. The van der Waals surface area contributed by atoms with Gasteiger partial charge in [0.2, 0.25) is 0 Å². The third-order valence-corrected chi connectivity index (χ3v) is 8.81. The molecule has 0 aliphatic carbocycles. The molecular formula is C41H22N4O11. The first-order chi connectivity index (χ1) is 27.0. The van der Waals surface area contributed by atoms with Gasteiger partial charge in [0, 0.05) is 59.7 Å². The summed E-state index contributed by atoms with van der Waals surface area (Å²) in [6, 6.07) is 20.4. The van der Waals surface area contributed by atoms with Gasteiger partial charge in [-0.2, -0.15) is 0 Å². The molecule has 0 bridgehead atoms. The number of ketones is 1. The van der Waals surface area contributed by atoms with Crippen molar-refractivity contribution in [1.82, 2.24) is 0 Å². The lowest BCUT2D eigenvalue weighted by Crippen LogP contribution is -2.32. The Labute approximate surface area is 315 Å². The van der Waals surface area contributed by atoms with Crippen molar-refractivity contribution in [3.8, 4) is 23.0 Å². The molecule has 0 spiro atoms. The van der Waals surface area contributed by atoms with Gasteiger partial charge < -0.3 is 9.47 Å². The molecule has 0 atom stereocenters. The monoisotopic (exact) mass is 746 g/mol. The highest BCUT2D eigenvalue weighted by Crippen LogP contribution is 2.40. The molecule has 4 aromatic carbocycles. The Morgan fingerprint density at radius 3 is 0.946 bits per heavy atom. The molecule has 8 rings (SSSR count). The lowest BCUT2D eigenvalue weighted by Gasteiger charge is -2.22. The summed E-state index contributed by atoms with van der Waals surface area (Å²) in [7, 11) is 0. The average molecular weight is 747 g/mol. The molecule has 0 fully saturated rings. The number of nitrogens with zero attached hydrogens (tertiary/aromatic N) is 4. The van der Waals surface area contributed by atoms with Crippen LogP contribution in [0.5, 0.6) is 23.0 Å². The van der Waals surface area contributed by atoms with Gasteiger partial charge in [0.15, 0.2) is 17.3 Å². The van der Waals surface area contributed by atoms with Crippen molar-refractivity contribution in [2.45, 2.75) is 0 Å². The predicted molar refractivity (Wildman–Crippen MR) is 196 cm³/mol. The van der Waals surface area contributed by atoms with E-state index in [1.54, 1.807) is 0 Å². The molecule has 4 aromatic rings. The molecule has 0 aromatic heterocycles. The summed E-state index contributed by atoms with van der Waals surface area (Å²) in [6.45, 7) is 0. The van der Waals surface area contributed by atoms with Gasteiger partial charge in [-0.15, -0.1) is 0 Å². The van der Waals surface area contributed by atoms with Crippen LogP contribution in [0.3, 0.4) is 0 Å². The van der Waals surface area contributed by atoms with E-state index in [1.807, 2.05) is 0 Å². The lowest BCUT2D eigenvalue weighted by molar-refractivity contribution is -0.121. The minimum atomic E-state index is -0.648. The Morgan fingerprint density at radius 1 is 0.357 bits per heavy atom. The molecule has 0 saturated carbocycles. The molecule has 272 valence electrons. The molecule has 4 aliphatic heterocycles. The van der Waals surface area contributed by atoms with Crippen LogP contribution < -0.4 is 29.1 Å². The summed E-state index contributed by atoms with van der Waals surface area (Å²) >= 11 is 0. The van der Waals surface area contributed by atoms with Gasteiger partial charge >= 0.3 is 0 Å². The Balaban J connectivity index is 0.999. The highest BCUT2D eigenvalue weighted by atomic mass is 16.5. The number of carbonyl (C=O) groups excluding carboxylic acids is 9. The van der Waals surface area contributed by atoms with E-state index in [0.717, 1.165) is 68.2 Å². The van der Waals surface area contributed by atoms with Crippen molar-refractivity contribution in [1.29, 1.82) is 0 Å². The highest BCUT2D eigenvalue weighted by Gasteiger charge is 2.33. The molecule has 0 N–H and O–H groups in total. The second-order valence-electron chi connectivity index (χ2n) is 12.3. The first-order valence-corrected chi connectivity index (χ1v) is 16.6. The Morgan fingerprint density at radius 2 is 0.643 bits per heavy atom. The fourth-order valence-electron chi connectivity index (χ4n) is 6.17. The summed E-state index contributed by atoms with van der Waals surface area (Å²) in [5, 5.41) is 0. The van der Waals surface area contributed by atoms with Crippen LogP contribution in [0.2, 0.25) is 0 Å². The summed E-state index contributed by atoms with van der Waals surface area (Å²) in [5.41, 5.74) is 0.790. The molecule has 4 aliphatic rings. The van der Waals surface area contributed by atoms with Crippen LogP contribution >= 0.6 is 0 Å². The van der Waals surface area contributed by atoms with E-state index < -0.39 is 47.3 Å². The Bertz CT molecular complexity index is 2370. The maximum Gasteiger partial charge on any atom is 0.258 e. The van der Waals surface area contributed by atoms with E-state index in [4.69, 9.17) is 9.47 Å². The van der Waals surface area contributed by atoms with Gasteiger partial charge in [0.25, 0.3) is 47.3 Å². The van der Waals surface area contributed by atoms with Crippen molar-refractivity contribution >= 4 is 75.8 Å². The summed E-state index contributed by atoms with van der Waals surface area (Å²) in [6.07, 6.45) is 8.74. The average Bonchev–Trinajstić information content (AvgIpc) is 3.93. The zero-order chi connectivity index (χ0) is 39.2. The van der Waals surface area contributed by atoms with Crippen LogP contribution in [0.15, 0.2) is 134 Å². The first kappa shape index (κ1) is 34.7. The number of carbonyl (C=O) groups is 9. The molecule has 4 heterocycles. The van der Waals surface area contributed by atoms with Gasteiger partial charge in [0.05, 0.1) is 22.7 Å². The van der Waals surface area contributed by atoms with E-state index in [1.165, 1.54) is 84.9 Å². The normalized spacial score (nSPS) is 16.1. The third-order valence-electron chi connectivity index (χ3n) is 8.81. The number of benzene rings is 4. The van der Waals surface area contributed by atoms with Gasteiger partial charge in [-0.05, 0) is 84.9 Å². The number of rotatable bonds is 10. The molecule has 8 amide bonds. The number of hydrogen-bond donors (Lipinski definition) is 0. The first-order valence-electron chi connectivity index (χ1n) is 16.6.